The average molecular weight is 503 g/mol. The van der Waals surface area contributed by atoms with Gasteiger partial charge in [-0.15, -0.1) is 0 Å². The Labute approximate surface area is 198 Å². The third kappa shape index (κ3) is 4.67. The molecule has 5 aromatic rings. The smallest absolute Gasteiger partial charge is 0.172 e. The average Bonchev–Trinajstić information content (AvgIpc) is 3.22. The molecule has 3 aromatic heterocycles. The van der Waals surface area contributed by atoms with Gasteiger partial charge in [0, 0.05) is 35.0 Å². The highest BCUT2D eigenvalue weighted by atomic mass is 79.9. The van der Waals surface area contributed by atoms with Gasteiger partial charge in [0.15, 0.2) is 5.65 Å². The monoisotopic (exact) mass is 502 g/mol. The Bertz CT molecular complexity index is 1320. The number of rotatable bonds is 7. The first-order valence-electron chi connectivity index (χ1n) is 10.0. The molecule has 8 heteroatoms. The molecule has 0 radical (unpaired) electrons. The van der Waals surface area contributed by atoms with E-state index >= 15 is 0 Å². The molecule has 0 amide bonds. The Hall–Kier alpha value is -3.20. The SMILES string of the molecule is Brc1cnn2c(Nc3ccc(SNCc4ccccn4)cc3)cc(-c3ccccc3)nc12. The van der Waals surface area contributed by atoms with Crippen LogP contribution in [0.25, 0.3) is 16.9 Å². The molecule has 0 saturated heterocycles. The van der Waals surface area contributed by atoms with Gasteiger partial charge >= 0.3 is 0 Å². The molecule has 0 bridgehead atoms. The predicted molar refractivity (Wildman–Crippen MR) is 133 cm³/mol. The van der Waals surface area contributed by atoms with Crippen molar-refractivity contribution in [3.63, 3.8) is 0 Å². The molecule has 2 N–H and O–H groups in total. The zero-order valence-electron chi connectivity index (χ0n) is 16.9. The van der Waals surface area contributed by atoms with Gasteiger partial charge in [-0.3, -0.25) is 9.71 Å². The number of hydrogen-bond acceptors (Lipinski definition) is 6. The molecule has 158 valence electrons. The fraction of sp³-hybridized carbons (Fsp3) is 0.0417. The second-order valence-electron chi connectivity index (χ2n) is 7.01. The molecule has 0 aliphatic rings. The minimum Gasteiger partial charge on any atom is -0.340 e. The van der Waals surface area contributed by atoms with E-state index in [4.69, 9.17) is 4.98 Å². The van der Waals surface area contributed by atoms with Crippen LogP contribution in [0.3, 0.4) is 0 Å². The largest absolute Gasteiger partial charge is 0.340 e. The third-order valence-electron chi connectivity index (χ3n) is 4.79. The van der Waals surface area contributed by atoms with Crippen LogP contribution in [0.5, 0.6) is 0 Å². The molecule has 6 nitrogen and oxygen atoms in total. The maximum Gasteiger partial charge on any atom is 0.172 e. The van der Waals surface area contributed by atoms with E-state index in [1.807, 2.05) is 42.5 Å². The molecular weight excluding hydrogens is 484 g/mol. The molecule has 0 atom stereocenters. The lowest BCUT2D eigenvalue weighted by atomic mass is 10.1. The minimum absolute atomic E-state index is 0.705. The standard InChI is InChI=1S/C24H19BrN6S/c25-21-16-27-31-23(14-22(30-24(21)31)17-6-2-1-3-7-17)29-18-9-11-20(12-10-18)32-28-15-19-8-4-5-13-26-19/h1-14,16,28-29H,15H2. The minimum atomic E-state index is 0.705. The molecule has 5 rings (SSSR count). The molecule has 0 saturated carbocycles. The van der Waals surface area contributed by atoms with E-state index in [0.717, 1.165) is 43.5 Å². The summed E-state index contributed by atoms with van der Waals surface area (Å²) >= 11 is 5.14. The normalized spacial score (nSPS) is 11.0. The fourth-order valence-electron chi connectivity index (χ4n) is 3.23. The number of nitrogens with one attached hydrogen (secondary N) is 2. The van der Waals surface area contributed by atoms with Crippen molar-refractivity contribution in [1.29, 1.82) is 0 Å². The van der Waals surface area contributed by atoms with Crippen LogP contribution in [0.4, 0.5) is 11.5 Å². The van der Waals surface area contributed by atoms with E-state index in [2.05, 4.69) is 72.4 Å². The van der Waals surface area contributed by atoms with Crippen molar-refractivity contribution < 1.29 is 0 Å². The van der Waals surface area contributed by atoms with Crippen molar-refractivity contribution >= 4 is 45.0 Å². The van der Waals surface area contributed by atoms with Crippen molar-refractivity contribution in [2.45, 2.75) is 11.4 Å². The second kappa shape index (κ2) is 9.52. The quantitative estimate of drug-likeness (QED) is 0.262. The van der Waals surface area contributed by atoms with Crippen LogP contribution < -0.4 is 10.0 Å². The lowest BCUT2D eigenvalue weighted by Crippen LogP contribution is -2.04. The van der Waals surface area contributed by atoms with Crippen molar-refractivity contribution in [1.82, 2.24) is 24.3 Å². The van der Waals surface area contributed by atoms with Gasteiger partial charge in [-0.05, 0) is 64.3 Å². The summed E-state index contributed by atoms with van der Waals surface area (Å²) in [6.45, 7) is 0.705. The Balaban J connectivity index is 1.34. The zero-order valence-corrected chi connectivity index (χ0v) is 19.3. The molecule has 3 heterocycles. The van der Waals surface area contributed by atoms with Gasteiger partial charge in [0.25, 0.3) is 0 Å². The van der Waals surface area contributed by atoms with Gasteiger partial charge in [0.2, 0.25) is 0 Å². The summed E-state index contributed by atoms with van der Waals surface area (Å²) in [7, 11) is 0. The zero-order chi connectivity index (χ0) is 21.8. The number of benzene rings is 2. The van der Waals surface area contributed by atoms with Gasteiger partial charge in [-0.1, -0.05) is 36.4 Å². The first-order chi connectivity index (χ1) is 15.8. The number of aromatic nitrogens is 4. The van der Waals surface area contributed by atoms with E-state index < -0.39 is 0 Å². The summed E-state index contributed by atoms with van der Waals surface area (Å²) in [5, 5.41) is 7.94. The third-order valence-corrected chi connectivity index (χ3v) is 6.15. The molecule has 0 fully saturated rings. The maximum absolute atomic E-state index is 4.78. The van der Waals surface area contributed by atoms with Crippen LogP contribution in [-0.4, -0.2) is 19.6 Å². The van der Waals surface area contributed by atoms with Crippen molar-refractivity contribution in [2.75, 3.05) is 5.32 Å². The summed E-state index contributed by atoms with van der Waals surface area (Å²) in [5.74, 6) is 0.841. The van der Waals surface area contributed by atoms with Crippen molar-refractivity contribution in [3.8, 4) is 11.3 Å². The molecule has 0 aliphatic heterocycles. The van der Waals surface area contributed by atoms with Crippen molar-refractivity contribution in [3.05, 3.63) is 101 Å². The Morgan fingerprint density at radius 1 is 0.938 bits per heavy atom. The second-order valence-corrected chi connectivity index (χ2v) is 8.83. The molecular formula is C24H19BrN6S. The van der Waals surface area contributed by atoms with E-state index in [0.29, 0.717) is 6.54 Å². The maximum atomic E-state index is 4.78. The van der Waals surface area contributed by atoms with Crippen molar-refractivity contribution in [2.24, 2.45) is 0 Å². The molecule has 32 heavy (non-hydrogen) atoms. The molecule has 0 unspecified atom stereocenters. The predicted octanol–water partition coefficient (Wildman–Crippen LogP) is 6.09. The van der Waals surface area contributed by atoms with E-state index in [1.165, 1.54) is 0 Å². The van der Waals surface area contributed by atoms with Crippen LogP contribution in [0.2, 0.25) is 0 Å². The van der Waals surface area contributed by atoms with Gasteiger partial charge in [0.1, 0.15) is 5.82 Å². The van der Waals surface area contributed by atoms with Gasteiger partial charge in [0.05, 0.1) is 22.1 Å². The van der Waals surface area contributed by atoms with Crippen LogP contribution in [0.1, 0.15) is 5.69 Å². The summed E-state index contributed by atoms with van der Waals surface area (Å²) in [4.78, 5) is 10.2. The number of halogens is 1. The first kappa shape index (κ1) is 20.7. The number of fused-ring (bicyclic) bond motifs is 1. The highest BCUT2D eigenvalue weighted by Gasteiger charge is 2.12. The Morgan fingerprint density at radius 3 is 2.53 bits per heavy atom. The van der Waals surface area contributed by atoms with Gasteiger partial charge in [-0.25, -0.2) is 4.98 Å². The number of hydrogen-bond donors (Lipinski definition) is 2. The topological polar surface area (TPSA) is 67.1 Å². The number of pyridine rings is 1. The molecule has 0 aliphatic carbocycles. The van der Waals surface area contributed by atoms with Gasteiger partial charge < -0.3 is 5.32 Å². The Morgan fingerprint density at radius 2 is 1.75 bits per heavy atom. The van der Waals surface area contributed by atoms with Gasteiger partial charge in [-0.2, -0.15) is 9.61 Å². The van der Waals surface area contributed by atoms with Crippen LogP contribution in [0.15, 0.2) is 101 Å². The molecule has 0 spiro atoms. The highest BCUT2D eigenvalue weighted by molar-refractivity contribution is 9.10. The summed E-state index contributed by atoms with van der Waals surface area (Å²) < 4.78 is 6.00. The summed E-state index contributed by atoms with van der Waals surface area (Å²) in [6.07, 6.45) is 3.56. The first-order valence-corrected chi connectivity index (χ1v) is 11.6. The fourth-order valence-corrected chi connectivity index (χ4v) is 4.24. The van der Waals surface area contributed by atoms with Crippen LogP contribution in [0, 0.1) is 0 Å². The summed E-state index contributed by atoms with van der Waals surface area (Å²) in [5.41, 5.74) is 4.68. The summed E-state index contributed by atoms with van der Waals surface area (Å²) in [6, 6.07) is 26.3. The number of anilines is 2. The van der Waals surface area contributed by atoms with Crippen LogP contribution >= 0.6 is 27.9 Å². The van der Waals surface area contributed by atoms with E-state index in [9.17, 15) is 0 Å². The Kier molecular flexibility index (Phi) is 6.15. The highest BCUT2D eigenvalue weighted by Crippen LogP contribution is 2.28. The number of nitrogens with zero attached hydrogens (tertiary/aromatic N) is 4. The lowest BCUT2D eigenvalue weighted by Gasteiger charge is -2.11. The molecule has 2 aromatic carbocycles. The lowest BCUT2D eigenvalue weighted by molar-refractivity contribution is 0.921. The van der Waals surface area contributed by atoms with E-state index in [1.54, 1.807) is 28.9 Å². The van der Waals surface area contributed by atoms with Crippen LogP contribution in [-0.2, 0) is 6.54 Å². The van der Waals surface area contributed by atoms with E-state index in [-0.39, 0.29) is 0 Å².